The molecule has 3 fully saturated rings. The van der Waals surface area contributed by atoms with E-state index < -0.39 is 30.1 Å². The quantitative estimate of drug-likeness (QED) is 0.135. The number of nitrogens with zero attached hydrogens (tertiary/aromatic N) is 8. The zero-order valence-corrected chi connectivity index (χ0v) is 30.8. The number of likely N-dealkylation sites (tertiary alicyclic amines) is 1. The number of hydrogen-bond donors (Lipinski definition) is 2. The summed E-state index contributed by atoms with van der Waals surface area (Å²) < 4.78 is 19.7. The lowest BCUT2D eigenvalue weighted by Gasteiger charge is -2.32. The number of carbonyl (C=O) groups is 4. The Morgan fingerprint density at radius 3 is 2.47 bits per heavy atom. The molecule has 2 saturated heterocycles. The topological polar surface area (TPSA) is 171 Å². The summed E-state index contributed by atoms with van der Waals surface area (Å²) in [6.07, 6.45) is 14.8. The van der Waals surface area contributed by atoms with E-state index in [-0.39, 0.29) is 35.7 Å². The van der Waals surface area contributed by atoms with Gasteiger partial charge in [0, 0.05) is 56.7 Å². The summed E-state index contributed by atoms with van der Waals surface area (Å²) in [7, 11) is 1.71. The van der Waals surface area contributed by atoms with Crippen LogP contribution in [-0.4, -0.2) is 87.3 Å². The molecule has 2 N–H and O–H groups in total. The maximum Gasteiger partial charge on any atom is 0.329 e. The Kier molecular flexibility index (Phi) is 10.1. The number of aryl methyl sites for hydroxylation is 2. The molecular formula is C39H45FN10O5. The van der Waals surface area contributed by atoms with Crippen molar-refractivity contribution in [1.82, 2.24) is 49.0 Å². The minimum absolute atomic E-state index is 0.189. The molecule has 5 aromatic rings. The molecule has 1 aliphatic carbocycles. The number of amides is 4. The Balaban J connectivity index is 0.748. The Morgan fingerprint density at radius 2 is 1.69 bits per heavy atom. The van der Waals surface area contributed by atoms with Crippen molar-refractivity contribution in [2.24, 2.45) is 7.05 Å². The fourth-order valence-corrected chi connectivity index (χ4v) is 7.90. The largest absolute Gasteiger partial charge is 0.345 e. The molecule has 288 valence electrons. The molecule has 3 aliphatic rings. The Bertz CT molecular complexity index is 2330. The zero-order valence-electron chi connectivity index (χ0n) is 30.8. The van der Waals surface area contributed by atoms with Crippen LogP contribution in [0.5, 0.6) is 0 Å². The normalized spacial score (nSPS) is 20.3. The maximum absolute atomic E-state index is 13.2. The van der Waals surface area contributed by atoms with E-state index in [4.69, 9.17) is 0 Å². The van der Waals surface area contributed by atoms with E-state index in [1.807, 2.05) is 40.0 Å². The number of halogens is 1. The lowest BCUT2D eigenvalue weighted by Crippen LogP contribution is -2.44. The number of carbonyl (C=O) groups excluding carboxylic acids is 4. The standard InChI is InChI=1S/C39H45FN10O5/c1-46-32-17-24(9-10-30(32)49(39(46)55)31-11-12-35(51)45-37(31)53)7-5-3-2-4-6-8-36(52)47-15-13-27(14-16-47)48-23-26(21-42-48)25-18-34-41-22-33(50(34)43-20-25)38(54)44-29-19-28(29)40/h9-10,17-18,20-23,27-29,31H,2-8,11-16,19H2,1H3,(H,44,54)(H,45,51,53)/t28-,29+,31?/m0/s1. The van der Waals surface area contributed by atoms with Gasteiger partial charge in [0.15, 0.2) is 5.65 Å². The molecule has 8 rings (SSSR count). The fourth-order valence-electron chi connectivity index (χ4n) is 7.90. The van der Waals surface area contributed by atoms with Crippen LogP contribution in [0.25, 0.3) is 27.8 Å². The van der Waals surface area contributed by atoms with Crippen LogP contribution in [0.1, 0.15) is 98.8 Å². The van der Waals surface area contributed by atoms with Crippen molar-refractivity contribution >= 4 is 40.3 Å². The summed E-state index contributed by atoms with van der Waals surface area (Å²) in [4.78, 5) is 68.9. The predicted octanol–water partition coefficient (Wildman–Crippen LogP) is 3.81. The first kappa shape index (κ1) is 36.3. The monoisotopic (exact) mass is 752 g/mol. The van der Waals surface area contributed by atoms with Crippen LogP contribution in [0.3, 0.4) is 0 Å². The predicted molar refractivity (Wildman–Crippen MR) is 200 cm³/mol. The van der Waals surface area contributed by atoms with Gasteiger partial charge in [-0.2, -0.15) is 10.2 Å². The third-order valence-corrected chi connectivity index (χ3v) is 11.3. The molecule has 0 bridgehead atoms. The van der Waals surface area contributed by atoms with Gasteiger partial charge < -0.3 is 10.2 Å². The first-order valence-corrected chi connectivity index (χ1v) is 19.3. The Hall–Kier alpha value is -5.67. The lowest BCUT2D eigenvalue weighted by molar-refractivity contribution is -0.136. The second-order valence-electron chi connectivity index (χ2n) is 15.1. The molecule has 4 aromatic heterocycles. The van der Waals surface area contributed by atoms with E-state index in [2.05, 4.69) is 25.8 Å². The number of alkyl halides is 1. The van der Waals surface area contributed by atoms with Gasteiger partial charge in [-0.1, -0.05) is 25.3 Å². The summed E-state index contributed by atoms with van der Waals surface area (Å²) in [5.41, 5.74) is 4.82. The third kappa shape index (κ3) is 7.54. The number of hydrogen-bond acceptors (Lipinski definition) is 8. The Labute approximate surface area is 315 Å². The highest BCUT2D eigenvalue weighted by Crippen LogP contribution is 2.28. The molecule has 15 nitrogen and oxygen atoms in total. The van der Waals surface area contributed by atoms with E-state index >= 15 is 0 Å². The van der Waals surface area contributed by atoms with E-state index in [0.29, 0.717) is 43.5 Å². The molecule has 1 saturated carbocycles. The molecular weight excluding hydrogens is 707 g/mol. The zero-order chi connectivity index (χ0) is 38.2. The number of imidazole rings is 2. The average molecular weight is 753 g/mol. The molecule has 4 amide bonds. The second-order valence-corrected chi connectivity index (χ2v) is 15.1. The fraction of sp³-hybridized carbons (Fsp3) is 0.487. The third-order valence-electron chi connectivity index (χ3n) is 11.3. The Morgan fingerprint density at radius 1 is 0.927 bits per heavy atom. The van der Waals surface area contributed by atoms with Gasteiger partial charge in [0.1, 0.15) is 17.9 Å². The molecule has 55 heavy (non-hydrogen) atoms. The highest BCUT2D eigenvalue weighted by atomic mass is 19.1. The highest BCUT2D eigenvalue weighted by Gasteiger charge is 2.39. The van der Waals surface area contributed by atoms with E-state index in [0.717, 1.165) is 73.6 Å². The first-order valence-electron chi connectivity index (χ1n) is 19.3. The van der Waals surface area contributed by atoms with Crippen molar-refractivity contribution in [3.8, 4) is 11.1 Å². The molecule has 0 spiro atoms. The van der Waals surface area contributed by atoms with Gasteiger partial charge in [-0.15, -0.1) is 0 Å². The molecule has 1 unspecified atom stereocenters. The number of rotatable bonds is 13. The molecule has 1 aromatic carbocycles. The molecule has 6 heterocycles. The number of imide groups is 1. The van der Waals surface area contributed by atoms with Gasteiger partial charge in [0.05, 0.1) is 41.7 Å². The van der Waals surface area contributed by atoms with Crippen molar-refractivity contribution in [3.05, 3.63) is 70.8 Å². The molecule has 0 radical (unpaired) electrons. The van der Waals surface area contributed by atoms with E-state index in [1.165, 1.54) is 15.3 Å². The van der Waals surface area contributed by atoms with Crippen LogP contribution in [0.15, 0.2) is 53.8 Å². The van der Waals surface area contributed by atoms with Crippen LogP contribution in [0, 0.1) is 0 Å². The minimum Gasteiger partial charge on any atom is -0.345 e. The van der Waals surface area contributed by atoms with Crippen molar-refractivity contribution in [2.75, 3.05) is 13.1 Å². The lowest BCUT2D eigenvalue weighted by atomic mass is 10.0. The van der Waals surface area contributed by atoms with Crippen molar-refractivity contribution < 1.29 is 23.6 Å². The first-order chi connectivity index (χ1) is 26.6. The maximum atomic E-state index is 13.2. The number of unbranched alkanes of at least 4 members (excludes halogenated alkanes) is 4. The van der Waals surface area contributed by atoms with Gasteiger partial charge in [-0.25, -0.2) is 18.7 Å². The number of fused-ring (bicyclic) bond motifs is 2. The van der Waals surface area contributed by atoms with Crippen LogP contribution in [0.4, 0.5) is 4.39 Å². The summed E-state index contributed by atoms with van der Waals surface area (Å²) in [5, 5.41) is 14.0. The van der Waals surface area contributed by atoms with Crippen molar-refractivity contribution in [1.29, 1.82) is 0 Å². The summed E-state index contributed by atoms with van der Waals surface area (Å²) >= 11 is 0. The van der Waals surface area contributed by atoms with E-state index in [9.17, 15) is 28.4 Å². The second kappa shape index (κ2) is 15.2. The molecule has 16 heteroatoms. The number of aromatic nitrogens is 7. The number of benzene rings is 1. The highest BCUT2D eigenvalue weighted by molar-refractivity contribution is 6.00. The van der Waals surface area contributed by atoms with Crippen LogP contribution < -0.4 is 16.3 Å². The number of nitrogens with one attached hydrogen (secondary N) is 2. The van der Waals surface area contributed by atoms with Crippen LogP contribution >= 0.6 is 0 Å². The van der Waals surface area contributed by atoms with Gasteiger partial charge in [0.25, 0.3) is 5.91 Å². The average Bonchev–Trinajstić information content (AvgIpc) is 3.51. The van der Waals surface area contributed by atoms with Crippen LogP contribution in [0.2, 0.25) is 0 Å². The molecule has 2 aliphatic heterocycles. The van der Waals surface area contributed by atoms with Crippen molar-refractivity contribution in [3.63, 3.8) is 0 Å². The van der Waals surface area contributed by atoms with Gasteiger partial charge in [-0.05, 0) is 62.3 Å². The molecule has 3 atom stereocenters. The minimum atomic E-state index is -0.986. The number of piperidine rings is 2. The van der Waals surface area contributed by atoms with Gasteiger partial charge in [-0.3, -0.25) is 38.3 Å². The smallest absolute Gasteiger partial charge is 0.329 e. The van der Waals surface area contributed by atoms with Crippen LogP contribution in [-0.2, 0) is 27.9 Å². The van der Waals surface area contributed by atoms with Gasteiger partial charge in [0.2, 0.25) is 17.7 Å². The SMILES string of the molecule is Cn1c(=O)n(C2CCC(=O)NC2=O)c2ccc(CCCCCCCC(=O)N3CCC(n4cc(-c5cnn6c(C(=O)N[C@@H]7C[C@@H]7F)cnc6c5)cn4)CC3)cc21. The van der Waals surface area contributed by atoms with E-state index in [1.54, 1.807) is 24.0 Å². The van der Waals surface area contributed by atoms with Crippen molar-refractivity contribution in [2.45, 2.75) is 101 Å². The summed E-state index contributed by atoms with van der Waals surface area (Å²) in [6.45, 7) is 1.39. The van der Waals surface area contributed by atoms with Gasteiger partial charge >= 0.3 is 5.69 Å². The summed E-state index contributed by atoms with van der Waals surface area (Å²) in [5.74, 6) is -0.930. The summed E-state index contributed by atoms with van der Waals surface area (Å²) in [6, 6.07) is 6.84.